The maximum absolute atomic E-state index is 9.77. The minimum Gasteiger partial charge on any atom is -0.497 e. The van der Waals surface area contributed by atoms with Gasteiger partial charge in [-0.15, -0.1) is 0 Å². The quantitative estimate of drug-likeness (QED) is 0.499. The topological polar surface area (TPSA) is 90.4 Å². The van der Waals surface area contributed by atoms with E-state index in [0.717, 1.165) is 39.4 Å². The summed E-state index contributed by atoms with van der Waals surface area (Å²) >= 11 is 0. The summed E-state index contributed by atoms with van der Waals surface area (Å²) in [4.78, 5) is 7.76. The smallest absolute Gasteiger partial charge is 0.149 e. The molecule has 4 aromatic rings. The number of hydrogen-bond donors (Lipinski definition) is 1. The van der Waals surface area contributed by atoms with Gasteiger partial charge < -0.3 is 14.3 Å². The van der Waals surface area contributed by atoms with Crippen LogP contribution < -0.4 is 4.74 Å². The maximum Gasteiger partial charge on any atom is 0.149 e. The van der Waals surface area contributed by atoms with Crippen LogP contribution >= 0.6 is 0 Å². The SMILES string of the molecule is COc1ccc2nc(C(C#N)=Cc3cc(C)n(-c4ccc(C#N)cc4)c3C)[nH]c2c1. The Bertz CT molecular complexity index is 1360. The van der Waals surface area contributed by atoms with Crippen LogP contribution in [0.15, 0.2) is 48.5 Å². The number of rotatable bonds is 4. The number of aromatic amines is 1. The third-order valence-electron chi connectivity index (χ3n) is 5.09. The van der Waals surface area contributed by atoms with Crippen LogP contribution in [0.25, 0.3) is 28.4 Å². The summed E-state index contributed by atoms with van der Waals surface area (Å²) in [5.74, 6) is 1.25. The van der Waals surface area contributed by atoms with Crippen LogP contribution in [0.4, 0.5) is 0 Å². The van der Waals surface area contributed by atoms with Crippen molar-refractivity contribution in [2.24, 2.45) is 0 Å². The molecule has 0 spiro atoms. The van der Waals surface area contributed by atoms with E-state index in [1.54, 1.807) is 19.2 Å². The van der Waals surface area contributed by atoms with Crippen molar-refractivity contribution in [3.8, 4) is 23.6 Å². The molecule has 2 heterocycles. The van der Waals surface area contributed by atoms with Crippen LogP contribution in [0.5, 0.6) is 5.75 Å². The molecular formula is C24H19N5O. The summed E-state index contributed by atoms with van der Waals surface area (Å²) < 4.78 is 7.36. The van der Waals surface area contributed by atoms with Crippen LogP contribution in [-0.2, 0) is 0 Å². The molecule has 6 nitrogen and oxygen atoms in total. The summed E-state index contributed by atoms with van der Waals surface area (Å²) in [6.07, 6.45) is 1.84. The zero-order valence-electron chi connectivity index (χ0n) is 16.9. The van der Waals surface area contributed by atoms with Crippen molar-refractivity contribution in [3.63, 3.8) is 0 Å². The van der Waals surface area contributed by atoms with Crippen LogP contribution in [0.1, 0.15) is 28.3 Å². The van der Waals surface area contributed by atoms with E-state index in [0.29, 0.717) is 17.0 Å². The average molecular weight is 393 g/mol. The van der Waals surface area contributed by atoms with Crippen molar-refractivity contribution >= 4 is 22.7 Å². The minimum atomic E-state index is 0.449. The Morgan fingerprint density at radius 2 is 1.87 bits per heavy atom. The van der Waals surface area contributed by atoms with E-state index in [2.05, 4.69) is 26.7 Å². The molecule has 0 aliphatic rings. The number of imidazole rings is 1. The number of fused-ring (bicyclic) bond motifs is 1. The number of aryl methyl sites for hydroxylation is 1. The molecule has 30 heavy (non-hydrogen) atoms. The highest BCUT2D eigenvalue weighted by atomic mass is 16.5. The third-order valence-corrected chi connectivity index (χ3v) is 5.09. The Hall–Kier alpha value is -4.29. The molecule has 0 radical (unpaired) electrons. The van der Waals surface area contributed by atoms with Gasteiger partial charge in [-0.05, 0) is 68.0 Å². The first-order valence-corrected chi connectivity index (χ1v) is 9.39. The Morgan fingerprint density at radius 1 is 1.10 bits per heavy atom. The molecule has 0 bridgehead atoms. The number of allylic oxidation sites excluding steroid dienone is 1. The second kappa shape index (κ2) is 7.62. The monoisotopic (exact) mass is 393 g/mol. The van der Waals surface area contributed by atoms with Crippen LogP contribution in [-0.4, -0.2) is 21.6 Å². The molecule has 6 heteroatoms. The molecule has 0 saturated carbocycles. The number of nitrogens with one attached hydrogen (secondary N) is 1. The standard InChI is InChI=1S/C24H19N5O/c1-15-10-18(16(2)29(15)20-6-4-17(13-25)5-7-20)11-19(14-26)24-27-22-9-8-21(30-3)12-23(22)28-24/h4-12H,1-3H3,(H,27,28). The molecule has 0 saturated heterocycles. The Labute approximate surface area is 174 Å². The first kappa shape index (κ1) is 19.0. The lowest BCUT2D eigenvalue weighted by Crippen LogP contribution is -1.99. The van der Waals surface area contributed by atoms with Gasteiger partial charge in [0.2, 0.25) is 0 Å². The number of ether oxygens (including phenoxy) is 1. The largest absolute Gasteiger partial charge is 0.497 e. The lowest BCUT2D eigenvalue weighted by Gasteiger charge is -2.09. The van der Waals surface area contributed by atoms with E-state index in [1.807, 2.05) is 56.3 Å². The fourth-order valence-corrected chi connectivity index (χ4v) is 3.57. The summed E-state index contributed by atoms with van der Waals surface area (Å²) in [5.41, 5.74) is 6.60. The van der Waals surface area contributed by atoms with E-state index in [-0.39, 0.29) is 0 Å². The number of H-pyrrole nitrogens is 1. The van der Waals surface area contributed by atoms with Gasteiger partial charge in [0.1, 0.15) is 17.6 Å². The zero-order chi connectivity index (χ0) is 21.3. The number of methoxy groups -OCH3 is 1. The van der Waals surface area contributed by atoms with Gasteiger partial charge in [0.05, 0.1) is 35.3 Å². The maximum atomic E-state index is 9.77. The second-order valence-corrected chi connectivity index (χ2v) is 6.96. The van der Waals surface area contributed by atoms with Crippen LogP contribution in [0.2, 0.25) is 0 Å². The molecule has 146 valence electrons. The Kier molecular flexibility index (Phi) is 4.83. The number of nitriles is 2. The van der Waals surface area contributed by atoms with E-state index in [1.165, 1.54) is 0 Å². The van der Waals surface area contributed by atoms with E-state index >= 15 is 0 Å². The lowest BCUT2D eigenvalue weighted by atomic mass is 10.1. The van der Waals surface area contributed by atoms with Gasteiger partial charge in [-0.1, -0.05) is 0 Å². The molecule has 0 atom stereocenters. The second-order valence-electron chi connectivity index (χ2n) is 6.96. The predicted molar refractivity (Wildman–Crippen MR) is 116 cm³/mol. The summed E-state index contributed by atoms with van der Waals surface area (Å²) in [7, 11) is 1.61. The van der Waals surface area contributed by atoms with Crippen molar-refractivity contribution in [1.82, 2.24) is 14.5 Å². The van der Waals surface area contributed by atoms with Gasteiger partial charge in [0.25, 0.3) is 0 Å². The van der Waals surface area contributed by atoms with E-state index in [4.69, 9.17) is 10.00 Å². The Morgan fingerprint density at radius 3 is 2.53 bits per heavy atom. The van der Waals surface area contributed by atoms with Crippen molar-refractivity contribution in [3.05, 3.63) is 76.9 Å². The Balaban J connectivity index is 1.76. The highest BCUT2D eigenvalue weighted by Gasteiger charge is 2.13. The molecule has 0 unspecified atom stereocenters. The van der Waals surface area contributed by atoms with Gasteiger partial charge in [-0.2, -0.15) is 10.5 Å². The van der Waals surface area contributed by atoms with Gasteiger partial charge in [0.15, 0.2) is 0 Å². The molecular weight excluding hydrogens is 374 g/mol. The van der Waals surface area contributed by atoms with Crippen molar-refractivity contribution in [1.29, 1.82) is 10.5 Å². The lowest BCUT2D eigenvalue weighted by molar-refractivity contribution is 0.415. The summed E-state index contributed by atoms with van der Waals surface area (Å²) in [5, 5.41) is 18.8. The summed E-state index contributed by atoms with van der Waals surface area (Å²) in [6.45, 7) is 4.03. The first-order chi connectivity index (χ1) is 14.5. The number of hydrogen-bond acceptors (Lipinski definition) is 4. The minimum absolute atomic E-state index is 0.449. The first-order valence-electron chi connectivity index (χ1n) is 9.39. The van der Waals surface area contributed by atoms with E-state index in [9.17, 15) is 5.26 Å². The van der Waals surface area contributed by atoms with Crippen LogP contribution in [0.3, 0.4) is 0 Å². The fourth-order valence-electron chi connectivity index (χ4n) is 3.57. The number of nitrogens with zero attached hydrogens (tertiary/aromatic N) is 4. The predicted octanol–water partition coefficient (Wildman–Crippen LogP) is 4.91. The zero-order valence-corrected chi connectivity index (χ0v) is 16.9. The number of benzene rings is 2. The molecule has 2 aromatic carbocycles. The third kappa shape index (κ3) is 3.32. The molecule has 0 amide bonds. The average Bonchev–Trinajstić information content (AvgIpc) is 3.31. The van der Waals surface area contributed by atoms with Gasteiger partial charge in [-0.25, -0.2) is 4.98 Å². The normalized spacial score (nSPS) is 11.3. The molecule has 0 fully saturated rings. The molecule has 4 rings (SSSR count). The molecule has 0 aliphatic heterocycles. The molecule has 2 aromatic heterocycles. The van der Waals surface area contributed by atoms with Crippen molar-refractivity contribution < 1.29 is 4.74 Å². The highest BCUT2D eigenvalue weighted by Crippen LogP contribution is 2.26. The van der Waals surface area contributed by atoms with Gasteiger partial charge in [0, 0.05) is 23.1 Å². The highest BCUT2D eigenvalue weighted by molar-refractivity contribution is 5.91. The molecule has 0 aliphatic carbocycles. The fraction of sp³-hybridized carbons (Fsp3) is 0.125. The van der Waals surface area contributed by atoms with Gasteiger partial charge in [-0.3, -0.25) is 0 Å². The van der Waals surface area contributed by atoms with Gasteiger partial charge >= 0.3 is 0 Å². The molecule has 1 N–H and O–H groups in total. The van der Waals surface area contributed by atoms with E-state index < -0.39 is 0 Å². The summed E-state index contributed by atoms with van der Waals surface area (Å²) in [6, 6.07) is 19.4. The van der Waals surface area contributed by atoms with Crippen molar-refractivity contribution in [2.45, 2.75) is 13.8 Å². The number of aromatic nitrogens is 3. The van der Waals surface area contributed by atoms with Crippen LogP contribution in [0, 0.1) is 36.5 Å². The van der Waals surface area contributed by atoms with Crippen molar-refractivity contribution in [2.75, 3.05) is 7.11 Å².